The summed E-state index contributed by atoms with van der Waals surface area (Å²) < 4.78 is 10.6. The maximum Gasteiger partial charge on any atom is 0.183 e. The molecule has 1 fully saturated rings. The van der Waals surface area contributed by atoms with Crippen LogP contribution < -0.4 is 10.2 Å². The predicted octanol–water partition coefficient (Wildman–Crippen LogP) is 4.69. The topological polar surface area (TPSA) is 52.3 Å². The minimum absolute atomic E-state index is 0. The van der Waals surface area contributed by atoms with Crippen molar-refractivity contribution < 1.29 is 62.9 Å². The number of ether oxygens (including phenoxy) is 1. The van der Waals surface area contributed by atoms with Gasteiger partial charge in [0.1, 0.15) is 11.7 Å². The third-order valence-electron chi connectivity index (χ3n) is 4.21. The standard InChI is InChI=1S/C12H14O3.C10H8N.W.Y/c1-9-7-11(13)12(8-14-9)15-10-5-3-2-4-6-10;1-8-4-5-9-3-2-6-11-10(9)7-8;;/h2,7-8,10H,1,3-6H2;2,4-7H,1H3;;/q-2;-1;;. The number of fused-ring (bicyclic) bond motifs is 1. The molecule has 0 spiro atoms. The van der Waals surface area contributed by atoms with Crippen molar-refractivity contribution in [2.45, 2.75) is 38.7 Å². The van der Waals surface area contributed by atoms with Gasteiger partial charge in [-0.3, -0.25) is 0 Å². The first-order chi connectivity index (χ1) is 12.6. The van der Waals surface area contributed by atoms with Crippen LogP contribution in [-0.2, 0) is 53.8 Å². The van der Waals surface area contributed by atoms with Gasteiger partial charge in [0.2, 0.25) is 0 Å². The van der Waals surface area contributed by atoms with Crippen LogP contribution in [0.4, 0.5) is 0 Å². The summed E-state index contributed by atoms with van der Waals surface area (Å²) >= 11 is 0. The van der Waals surface area contributed by atoms with Gasteiger partial charge in [-0.2, -0.15) is 12.8 Å². The van der Waals surface area contributed by atoms with Crippen molar-refractivity contribution in [3.63, 3.8) is 0 Å². The monoisotopic (exact) mass is 621 g/mol. The Morgan fingerprint density at radius 3 is 2.75 bits per heavy atom. The van der Waals surface area contributed by atoms with Gasteiger partial charge in [-0.25, -0.2) is 6.92 Å². The van der Waals surface area contributed by atoms with E-state index in [-0.39, 0.29) is 65.3 Å². The van der Waals surface area contributed by atoms with Gasteiger partial charge in [-0.05, 0) is 31.0 Å². The van der Waals surface area contributed by atoms with E-state index in [4.69, 9.17) is 9.15 Å². The van der Waals surface area contributed by atoms with Crippen LogP contribution in [0.25, 0.3) is 10.9 Å². The quantitative estimate of drug-likeness (QED) is 0.391. The number of aryl methyl sites for hydroxylation is 1. The summed E-state index contributed by atoms with van der Waals surface area (Å²) in [5, 5.41) is 1.08. The van der Waals surface area contributed by atoms with Crippen molar-refractivity contribution >= 4 is 10.9 Å². The Balaban J connectivity index is 0.000000271. The molecule has 0 unspecified atom stereocenters. The van der Waals surface area contributed by atoms with Crippen LogP contribution >= 0.6 is 0 Å². The second-order valence-electron chi connectivity index (χ2n) is 6.37. The van der Waals surface area contributed by atoms with Gasteiger partial charge >= 0.3 is 0 Å². The van der Waals surface area contributed by atoms with Gasteiger partial charge in [0.05, 0.1) is 6.10 Å². The summed E-state index contributed by atoms with van der Waals surface area (Å²) in [4.78, 5) is 15.7. The van der Waals surface area contributed by atoms with Crippen LogP contribution in [0.5, 0.6) is 5.75 Å². The molecule has 0 N–H and O–H groups in total. The number of benzene rings is 1. The average Bonchev–Trinajstić information content (AvgIpc) is 2.65. The zero-order chi connectivity index (χ0) is 18.4. The van der Waals surface area contributed by atoms with Gasteiger partial charge in [-0.15, -0.1) is 35.7 Å². The van der Waals surface area contributed by atoms with Crippen molar-refractivity contribution in [1.82, 2.24) is 4.98 Å². The van der Waals surface area contributed by atoms with Crippen LogP contribution in [0.2, 0.25) is 0 Å². The van der Waals surface area contributed by atoms with Gasteiger partial charge < -0.3 is 25.4 Å². The van der Waals surface area contributed by atoms with E-state index in [1.807, 2.05) is 12.1 Å². The Morgan fingerprint density at radius 1 is 1.29 bits per heavy atom. The van der Waals surface area contributed by atoms with Gasteiger partial charge in [-0.1, -0.05) is 17.8 Å². The molecule has 1 aromatic carbocycles. The van der Waals surface area contributed by atoms with Crippen molar-refractivity contribution in [2.24, 2.45) is 0 Å². The molecular formula is C22H22NO3WY-3. The first-order valence-electron chi connectivity index (χ1n) is 8.78. The van der Waals surface area contributed by atoms with Crippen LogP contribution in [0.1, 0.15) is 37.0 Å². The molecule has 4 rings (SSSR count). The number of hydrogen-bond acceptors (Lipinski definition) is 4. The normalized spacial score (nSPS) is 13.5. The summed E-state index contributed by atoms with van der Waals surface area (Å²) in [5.41, 5.74) is 2.11. The van der Waals surface area contributed by atoms with Gasteiger partial charge in [0, 0.05) is 53.8 Å². The molecule has 0 amide bonds. The number of pyridine rings is 1. The van der Waals surface area contributed by atoms with E-state index in [9.17, 15) is 4.79 Å². The smallest absolute Gasteiger partial charge is 0.183 e. The fourth-order valence-electron chi connectivity index (χ4n) is 2.83. The van der Waals surface area contributed by atoms with Crippen LogP contribution in [0.3, 0.4) is 0 Å². The van der Waals surface area contributed by atoms with Crippen molar-refractivity contribution in [1.29, 1.82) is 0 Å². The molecule has 1 aliphatic rings. The second kappa shape index (κ2) is 12.6. The summed E-state index contributed by atoms with van der Waals surface area (Å²) in [6, 6.07) is 12.5. The van der Waals surface area contributed by atoms with Crippen LogP contribution in [-0.4, -0.2) is 11.1 Å². The number of aromatic nitrogens is 1. The Morgan fingerprint density at radius 2 is 2.04 bits per heavy atom. The molecule has 2 aromatic heterocycles. The van der Waals surface area contributed by atoms with Crippen LogP contribution in [0.15, 0.2) is 52.0 Å². The summed E-state index contributed by atoms with van der Waals surface area (Å²) in [7, 11) is 0. The van der Waals surface area contributed by atoms with Crippen molar-refractivity contribution in [2.75, 3.05) is 0 Å². The number of rotatable bonds is 2. The molecule has 0 aliphatic heterocycles. The van der Waals surface area contributed by atoms with E-state index in [0.717, 1.165) is 36.6 Å². The molecule has 1 radical (unpaired) electrons. The minimum Gasteiger partial charge on any atom is -0.499 e. The summed E-state index contributed by atoms with van der Waals surface area (Å²) in [5.74, 6) is 0.665. The molecule has 0 saturated heterocycles. The molecule has 4 nitrogen and oxygen atoms in total. The molecule has 28 heavy (non-hydrogen) atoms. The number of hydrogen-bond donors (Lipinski definition) is 0. The van der Waals surface area contributed by atoms with E-state index in [1.165, 1.54) is 17.9 Å². The van der Waals surface area contributed by atoms with Crippen molar-refractivity contribution in [3.05, 3.63) is 83.7 Å². The molecule has 145 valence electrons. The third-order valence-corrected chi connectivity index (χ3v) is 4.21. The molecule has 1 aliphatic carbocycles. The first-order valence-corrected chi connectivity index (χ1v) is 8.78. The third kappa shape index (κ3) is 7.46. The largest absolute Gasteiger partial charge is 0.499 e. The molecule has 2 heterocycles. The minimum atomic E-state index is -0.152. The van der Waals surface area contributed by atoms with E-state index < -0.39 is 0 Å². The Hall–Kier alpha value is -0.958. The van der Waals surface area contributed by atoms with E-state index in [2.05, 4.69) is 43.5 Å². The molecule has 0 atom stereocenters. The molecule has 6 heteroatoms. The van der Waals surface area contributed by atoms with Gasteiger partial charge in [0.25, 0.3) is 0 Å². The Labute approximate surface area is 205 Å². The number of nitrogens with zero attached hydrogens (tertiary/aromatic N) is 1. The summed E-state index contributed by atoms with van der Waals surface area (Å²) in [6.07, 6.45) is 9.59. The first kappa shape index (κ1) is 25.1. The average molecular weight is 621 g/mol. The Kier molecular flexibility index (Phi) is 11.3. The van der Waals surface area contributed by atoms with E-state index in [1.54, 1.807) is 6.20 Å². The van der Waals surface area contributed by atoms with E-state index in [0.29, 0.717) is 11.5 Å². The van der Waals surface area contributed by atoms with Gasteiger partial charge in [0.15, 0.2) is 5.75 Å². The zero-order valence-electron chi connectivity index (χ0n) is 15.9. The maximum atomic E-state index is 11.5. The molecular weight excluding hydrogens is 599 g/mol. The Bertz CT molecular complexity index is 923. The SMILES string of the molecule is Cc1ccc2[c-]ccnc2c1.[CH2-]c1cc(=O)c(OC2CC[CH-]CC2)co1.[W].[Y]. The predicted molar refractivity (Wildman–Crippen MR) is 102 cm³/mol. The molecule has 0 bridgehead atoms. The fourth-order valence-corrected chi connectivity index (χ4v) is 2.83. The second-order valence-corrected chi connectivity index (χ2v) is 6.37. The summed E-state index contributed by atoms with van der Waals surface area (Å²) in [6.45, 7) is 5.61. The van der Waals surface area contributed by atoms with E-state index >= 15 is 0 Å². The van der Waals surface area contributed by atoms with Crippen molar-refractivity contribution in [3.8, 4) is 5.75 Å². The molecule has 3 aromatic rings. The van der Waals surface area contributed by atoms with Crippen LogP contribution in [0, 0.1) is 26.3 Å². The molecule has 1 saturated carbocycles. The maximum absolute atomic E-state index is 11.5. The zero-order valence-corrected chi connectivity index (χ0v) is 21.7. The fraction of sp³-hybridized carbons (Fsp3) is 0.273.